The quantitative estimate of drug-likeness (QED) is 0.363. The summed E-state index contributed by atoms with van der Waals surface area (Å²) >= 11 is 0. The molecule has 9 heavy (non-hydrogen) atoms. The topological polar surface area (TPSA) is 0 Å². The monoisotopic (exact) mass is 627 g/mol. The molecule has 2 radical (unpaired) electrons. The van der Waals surface area contributed by atoms with Crippen LogP contribution in [-0.4, -0.2) is 0 Å². The van der Waals surface area contributed by atoms with Crippen LogP contribution in [-0.2, 0) is 86.5 Å². The maximum atomic E-state index is 0. The molecule has 0 aliphatic rings. The maximum Gasteiger partial charge on any atom is 0 e. The Morgan fingerprint density at radius 3 is 0.667 bits per heavy atom. The van der Waals surface area contributed by atoms with E-state index in [1.165, 1.54) is 0 Å². The summed E-state index contributed by atoms with van der Waals surface area (Å²) < 4.78 is 0. The van der Waals surface area contributed by atoms with Gasteiger partial charge in [-0.3, -0.25) is 0 Å². The van der Waals surface area contributed by atoms with Gasteiger partial charge in [0.25, 0.3) is 0 Å². The Bertz CT molecular complexity index is 24.5. The fourth-order valence-corrected chi connectivity index (χ4v) is 0. The van der Waals surface area contributed by atoms with E-state index in [4.69, 9.17) is 0 Å². The first-order valence-electron chi connectivity index (χ1n) is 0. The molecule has 0 aromatic carbocycles. The van der Waals surface area contributed by atoms with Gasteiger partial charge in [-0.15, -0.1) is 24.0 Å². The molecule has 62 valence electrons. The fourth-order valence-electron chi connectivity index (χ4n) is 0. The SMILES string of the molecule is C.C.I.S.S.S.[2HH].[W].[Y].[Y]. The molecule has 0 aromatic rings. The molecule has 0 unspecified atom stereocenters. The van der Waals surface area contributed by atoms with Gasteiger partial charge >= 0.3 is 0 Å². The first-order valence-corrected chi connectivity index (χ1v) is 0. The number of hydrogen-bond acceptors (Lipinski definition) is 0. The van der Waals surface area contributed by atoms with Gasteiger partial charge in [0.1, 0.15) is 0 Å². The minimum atomic E-state index is 0. The summed E-state index contributed by atoms with van der Waals surface area (Å²) in [6.45, 7) is 0. The van der Waals surface area contributed by atoms with Crippen LogP contribution in [0.1, 0.15) is 16.3 Å². The Hall–Kier alpha value is 4.68. The van der Waals surface area contributed by atoms with Crippen LogP contribution in [0.25, 0.3) is 0 Å². The Morgan fingerprint density at radius 1 is 0.667 bits per heavy atom. The maximum absolute atomic E-state index is 0. The van der Waals surface area contributed by atoms with Gasteiger partial charge in [-0.05, 0) is 0 Å². The van der Waals surface area contributed by atoms with Crippen molar-refractivity contribution in [3.8, 4) is 0 Å². The summed E-state index contributed by atoms with van der Waals surface area (Å²) in [4.78, 5) is 0. The van der Waals surface area contributed by atoms with E-state index in [1.807, 2.05) is 0 Å². The summed E-state index contributed by atoms with van der Waals surface area (Å²) in [5.41, 5.74) is 0. The molecule has 0 aromatic heterocycles. The van der Waals surface area contributed by atoms with Crippen molar-refractivity contribution in [3.05, 3.63) is 0 Å². The van der Waals surface area contributed by atoms with Crippen LogP contribution < -0.4 is 0 Å². The van der Waals surface area contributed by atoms with Gasteiger partial charge in [-0.1, -0.05) is 14.9 Å². The molecule has 0 saturated heterocycles. The average molecular weight is 627 g/mol. The zero-order valence-electron chi connectivity index (χ0n) is 3.47. The smallest absolute Gasteiger partial charge is 0 e. The van der Waals surface area contributed by atoms with Crippen molar-refractivity contribution in [2.45, 2.75) is 14.9 Å². The number of hydrogen-bond donors (Lipinski definition) is 0. The predicted octanol–water partition coefficient (Wildman–Crippen LogP) is 2.47. The van der Waals surface area contributed by atoms with Crippen LogP contribution in [0.4, 0.5) is 0 Å². The number of rotatable bonds is 0. The van der Waals surface area contributed by atoms with Crippen LogP contribution in [0.5, 0.6) is 0 Å². The molecule has 0 rings (SSSR count). The third-order valence-electron chi connectivity index (χ3n) is 0. The average Bonchev–Trinajstić information content (AvgIpc) is 0. The molecule has 0 heterocycles. The van der Waals surface area contributed by atoms with Gasteiger partial charge < -0.3 is 0 Å². The molecule has 0 N–H and O–H groups in total. The predicted molar refractivity (Wildman–Crippen MR) is 62.1 cm³/mol. The molecule has 0 amide bonds. The van der Waals surface area contributed by atoms with Gasteiger partial charge in [0.2, 0.25) is 0 Å². The Kier molecular flexibility index (Phi) is 883. The number of halogens is 1. The van der Waals surface area contributed by atoms with E-state index >= 15 is 0 Å². The molecule has 0 aliphatic carbocycles. The van der Waals surface area contributed by atoms with Crippen molar-refractivity contribution in [1.29, 1.82) is 0 Å². The van der Waals surface area contributed by atoms with Crippen molar-refractivity contribution < 1.29 is 87.9 Å². The molecule has 0 bridgehead atoms. The molecule has 0 saturated carbocycles. The van der Waals surface area contributed by atoms with Gasteiger partial charge in [-0.25, -0.2) is 0 Å². The second-order valence-corrected chi connectivity index (χ2v) is 0. The molecule has 0 fully saturated rings. The van der Waals surface area contributed by atoms with Gasteiger partial charge in [0, 0.05) is 87.9 Å². The van der Waals surface area contributed by atoms with E-state index in [2.05, 4.69) is 0 Å². The summed E-state index contributed by atoms with van der Waals surface area (Å²) in [6.07, 6.45) is 0. The Balaban J connectivity index is 0. The van der Waals surface area contributed by atoms with Crippen molar-refractivity contribution in [1.82, 2.24) is 0 Å². The summed E-state index contributed by atoms with van der Waals surface area (Å²) in [5, 5.41) is 0. The van der Waals surface area contributed by atoms with E-state index in [9.17, 15) is 0 Å². The van der Waals surface area contributed by atoms with E-state index in [0.29, 0.717) is 0 Å². The standard InChI is InChI=1S/2CH4.HI.3H2S.W.2Y.H2/h2*1H4;1H;3*1H2;;;;1H/i;;;;;;;;;1+1. The molecule has 0 nitrogen and oxygen atoms in total. The van der Waals surface area contributed by atoms with E-state index in [1.54, 1.807) is 0 Å². The van der Waals surface area contributed by atoms with Crippen LogP contribution in [0, 0.1) is 0 Å². The molecule has 0 spiro atoms. The third-order valence-corrected chi connectivity index (χ3v) is 0. The first kappa shape index (κ1) is 100. The largest absolute Gasteiger partial charge is 0.197 e. The summed E-state index contributed by atoms with van der Waals surface area (Å²) in [7, 11) is 0. The zero-order valence-corrected chi connectivity index (χ0v) is 17.4. The van der Waals surface area contributed by atoms with Gasteiger partial charge in [0.05, 0.1) is 0 Å². The minimum absolute atomic E-state index is 0. The second kappa shape index (κ2) is 79.0. The van der Waals surface area contributed by atoms with Crippen LogP contribution in [0.2, 0.25) is 0 Å². The Labute approximate surface area is 163 Å². The summed E-state index contributed by atoms with van der Waals surface area (Å²) in [6, 6.07) is 0. The minimum Gasteiger partial charge on any atom is -0.197 e. The van der Waals surface area contributed by atoms with Gasteiger partial charge in [-0.2, -0.15) is 40.5 Å². The van der Waals surface area contributed by atoms with Crippen LogP contribution in [0.3, 0.4) is 0 Å². The van der Waals surface area contributed by atoms with Crippen molar-refractivity contribution in [3.63, 3.8) is 0 Å². The van der Waals surface area contributed by atoms with Crippen molar-refractivity contribution in [2.75, 3.05) is 0 Å². The van der Waals surface area contributed by atoms with Crippen molar-refractivity contribution >= 4 is 64.5 Å². The van der Waals surface area contributed by atoms with E-state index in [-0.39, 0.29) is 167 Å². The van der Waals surface area contributed by atoms with Crippen LogP contribution in [0.15, 0.2) is 0 Å². The zero-order chi connectivity index (χ0) is 0. The molecule has 0 atom stereocenters. The Morgan fingerprint density at radius 2 is 0.667 bits per heavy atom. The fraction of sp³-hybridized carbons (Fsp3) is 1.00. The van der Waals surface area contributed by atoms with E-state index < -0.39 is 0 Å². The first-order chi connectivity index (χ1) is 0. The van der Waals surface area contributed by atoms with Crippen molar-refractivity contribution in [2.24, 2.45) is 0 Å². The summed E-state index contributed by atoms with van der Waals surface area (Å²) in [5.74, 6) is 0. The molecule has 7 heteroatoms. The second-order valence-electron chi connectivity index (χ2n) is 0. The van der Waals surface area contributed by atoms with Crippen LogP contribution >= 0.6 is 64.5 Å². The normalized spacial score (nSPS) is 0. The molecule has 0 aliphatic heterocycles. The van der Waals surface area contributed by atoms with Gasteiger partial charge in [0.15, 0.2) is 0 Å². The molecular formula is C2H17IS3WY2. The third kappa shape index (κ3) is 66.1. The van der Waals surface area contributed by atoms with E-state index in [0.717, 1.165) is 0 Å². The molecular weight excluding hydrogens is 609 g/mol.